The first-order chi connectivity index (χ1) is 13.9. The molecule has 1 atom stereocenters. The second-order valence-electron chi connectivity index (χ2n) is 7.25. The summed E-state index contributed by atoms with van der Waals surface area (Å²) in [7, 11) is -3.87. The normalized spacial score (nSPS) is 19.7. The van der Waals surface area contributed by atoms with Crippen LogP contribution in [0.3, 0.4) is 0 Å². The van der Waals surface area contributed by atoms with Crippen molar-refractivity contribution in [3.63, 3.8) is 0 Å². The van der Waals surface area contributed by atoms with Gasteiger partial charge in [0.25, 0.3) is 0 Å². The van der Waals surface area contributed by atoms with Crippen molar-refractivity contribution < 1.29 is 17.9 Å². The van der Waals surface area contributed by atoms with E-state index in [2.05, 4.69) is 0 Å². The van der Waals surface area contributed by atoms with E-state index < -0.39 is 21.5 Å². The molecule has 5 nitrogen and oxygen atoms in total. The zero-order valence-corrected chi connectivity index (χ0v) is 17.3. The molecule has 29 heavy (non-hydrogen) atoms. The standard InChI is InChI=1S/C23H23NO4S/c1-3-28-22(25)23(21-10-6-8-18-7-4-5-9-20(18)21)15-16-24(23)29(26,27)19-13-11-17(2)12-14-19/h4-14H,3,15-16H2,1-2H3/t23-/m0/s1. The lowest BCUT2D eigenvalue weighted by atomic mass is 9.78. The first-order valence-corrected chi connectivity index (χ1v) is 11.1. The summed E-state index contributed by atoms with van der Waals surface area (Å²) in [6.45, 7) is 4.08. The Kier molecular flexibility index (Phi) is 4.92. The highest BCUT2D eigenvalue weighted by atomic mass is 32.2. The summed E-state index contributed by atoms with van der Waals surface area (Å²) in [4.78, 5) is 13.4. The largest absolute Gasteiger partial charge is 0.464 e. The molecule has 0 spiro atoms. The van der Waals surface area contributed by atoms with E-state index in [4.69, 9.17) is 4.74 Å². The molecule has 0 bridgehead atoms. The Morgan fingerprint density at radius 1 is 1.03 bits per heavy atom. The average molecular weight is 410 g/mol. The van der Waals surface area contributed by atoms with Crippen molar-refractivity contribution >= 4 is 26.8 Å². The van der Waals surface area contributed by atoms with E-state index in [1.54, 1.807) is 31.2 Å². The third-order valence-corrected chi connectivity index (χ3v) is 7.50. The molecule has 1 saturated heterocycles. The fraction of sp³-hybridized carbons (Fsp3) is 0.261. The summed E-state index contributed by atoms with van der Waals surface area (Å²) in [5.41, 5.74) is 0.273. The van der Waals surface area contributed by atoms with Crippen molar-refractivity contribution in [2.75, 3.05) is 13.2 Å². The average Bonchev–Trinajstić information content (AvgIpc) is 2.68. The summed E-state index contributed by atoms with van der Waals surface area (Å²) in [5.74, 6) is -0.529. The zero-order chi connectivity index (χ0) is 20.6. The van der Waals surface area contributed by atoms with E-state index in [-0.39, 0.29) is 18.0 Å². The van der Waals surface area contributed by atoms with Crippen LogP contribution in [0.5, 0.6) is 0 Å². The van der Waals surface area contributed by atoms with Gasteiger partial charge in [-0.05, 0) is 48.7 Å². The molecule has 3 aromatic rings. The summed E-state index contributed by atoms with van der Waals surface area (Å²) in [6, 6.07) is 20.0. The molecular weight excluding hydrogens is 386 g/mol. The third kappa shape index (κ3) is 3.03. The van der Waals surface area contributed by atoms with Gasteiger partial charge in [-0.25, -0.2) is 13.2 Å². The van der Waals surface area contributed by atoms with Gasteiger partial charge in [0.05, 0.1) is 11.5 Å². The van der Waals surface area contributed by atoms with Crippen molar-refractivity contribution in [2.24, 2.45) is 0 Å². The zero-order valence-electron chi connectivity index (χ0n) is 16.5. The molecule has 1 aliphatic rings. The van der Waals surface area contributed by atoms with Crippen molar-refractivity contribution in [1.82, 2.24) is 4.31 Å². The van der Waals surface area contributed by atoms with Gasteiger partial charge in [-0.1, -0.05) is 60.2 Å². The number of benzene rings is 3. The number of aryl methyl sites for hydroxylation is 1. The van der Waals surface area contributed by atoms with Gasteiger partial charge in [0, 0.05) is 6.54 Å². The predicted molar refractivity (Wildman–Crippen MR) is 112 cm³/mol. The van der Waals surface area contributed by atoms with Crippen molar-refractivity contribution in [3.8, 4) is 0 Å². The summed E-state index contributed by atoms with van der Waals surface area (Å²) in [5, 5.41) is 1.81. The molecule has 0 saturated carbocycles. The molecule has 1 fully saturated rings. The molecule has 0 aromatic heterocycles. The molecule has 0 aliphatic carbocycles. The molecule has 0 N–H and O–H groups in total. The predicted octanol–water partition coefficient (Wildman–Crippen LogP) is 4.00. The Hall–Kier alpha value is -2.70. The fourth-order valence-corrected chi connectivity index (χ4v) is 5.75. The number of sulfonamides is 1. The quantitative estimate of drug-likeness (QED) is 0.598. The van der Waals surface area contributed by atoms with E-state index >= 15 is 0 Å². The third-order valence-electron chi connectivity index (χ3n) is 5.56. The van der Waals surface area contributed by atoms with E-state index in [1.165, 1.54) is 4.31 Å². The highest BCUT2D eigenvalue weighted by molar-refractivity contribution is 7.89. The van der Waals surface area contributed by atoms with Crippen LogP contribution in [-0.2, 0) is 25.1 Å². The van der Waals surface area contributed by atoms with E-state index in [1.807, 2.05) is 49.4 Å². The van der Waals surface area contributed by atoms with Crippen LogP contribution >= 0.6 is 0 Å². The first kappa shape index (κ1) is 19.6. The summed E-state index contributed by atoms with van der Waals surface area (Å²) < 4.78 is 33.6. The molecule has 3 aromatic carbocycles. The minimum Gasteiger partial charge on any atom is -0.464 e. The van der Waals surface area contributed by atoms with Gasteiger partial charge in [-0.3, -0.25) is 0 Å². The highest BCUT2D eigenvalue weighted by Crippen LogP contribution is 2.47. The van der Waals surface area contributed by atoms with Gasteiger partial charge >= 0.3 is 5.97 Å². The smallest absolute Gasteiger partial charge is 0.332 e. The van der Waals surface area contributed by atoms with Crippen LogP contribution in [0.4, 0.5) is 0 Å². The van der Waals surface area contributed by atoms with Gasteiger partial charge in [-0.15, -0.1) is 0 Å². The van der Waals surface area contributed by atoms with Gasteiger partial charge < -0.3 is 4.74 Å². The Balaban J connectivity index is 1.91. The maximum absolute atomic E-state index is 13.5. The minimum absolute atomic E-state index is 0.178. The molecule has 6 heteroatoms. The number of hydrogen-bond acceptors (Lipinski definition) is 4. The number of fused-ring (bicyclic) bond motifs is 1. The second kappa shape index (κ2) is 7.28. The molecular formula is C23H23NO4S. The lowest BCUT2D eigenvalue weighted by Gasteiger charge is -2.49. The lowest BCUT2D eigenvalue weighted by molar-refractivity contribution is -0.162. The molecule has 150 valence electrons. The van der Waals surface area contributed by atoms with E-state index in [9.17, 15) is 13.2 Å². The number of esters is 1. The SMILES string of the molecule is CCOC(=O)[C@@]1(c2cccc3ccccc23)CCN1S(=O)(=O)c1ccc(C)cc1. The highest BCUT2D eigenvalue weighted by Gasteiger charge is 2.59. The van der Waals surface area contributed by atoms with E-state index in [0.717, 1.165) is 16.3 Å². The first-order valence-electron chi connectivity index (χ1n) is 9.66. The van der Waals surface area contributed by atoms with Crippen LogP contribution in [-0.4, -0.2) is 31.8 Å². The van der Waals surface area contributed by atoms with Crippen LogP contribution in [0.15, 0.2) is 71.6 Å². The fourth-order valence-electron chi connectivity index (χ4n) is 4.01. The van der Waals surface area contributed by atoms with Crippen LogP contribution in [0.1, 0.15) is 24.5 Å². The molecule has 4 rings (SSSR count). The van der Waals surface area contributed by atoms with Crippen LogP contribution in [0.25, 0.3) is 10.8 Å². The van der Waals surface area contributed by atoms with Gasteiger partial charge in [0.2, 0.25) is 10.0 Å². The molecule has 0 amide bonds. The number of nitrogens with zero attached hydrogens (tertiary/aromatic N) is 1. The molecule has 1 heterocycles. The Morgan fingerprint density at radius 3 is 2.38 bits per heavy atom. The Morgan fingerprint density at radius 2 is 1.72 bits per heavy atom. The minimum atomic E-state index is -3.87. The number of carbonyl (C=O) groups excluding carboxylic acids is 1. The summed E-state index contributed by atoms with van der Waals surface area (Å²) >= 11 is 0. The molecule has 1 aliphatic heterocycles. The maximum Gasteiger partial charge on any atom is 0.332 e. The van der Waals surface area contributed by atoms with Crippen molar-refractivity contribution in [2.45, 2.75) is 30.7 Å². The lowest BCUT2D eigenvalue weighted by Crippen LogP contribution is -2.64. The van der Waals surface area contributed by atoms with Crippen molar-refractivity contribution in [3.05, 3.63) is 77.9 Å². The van der Waals surface area contributed by atoms with Crippen LogP contribution in [0.2, 0.25) is 0 Å². The second-order valence-corrected chi connectivity index (χ2v) is 9.11. The van der Waals surface area contributed by atoms with Gasteiger partial charge in [0.1, 0.15) is 0 Å². The Labute approximate surface area is 171 Å². The van der Waals surface area contributed by atoms with Crippen LogP contribution in [0, 0.1) is 6.92 Å². The maximum atomic E-state index is 13.5. The number of carbonyl (C=O) groups is 1. The topological polar surface area (TPSA) is 63.7 Å². The van der Waals surface area contributed by atoms with Crippen LogP contribution < -0.4 is 0 Å². The van der Waals surface area contributed by atoms with Gasteiger partial charge in [0.15, 0.2) is 5.54 Å². The number of hydrogen-bond donors (Lipinski definition) is 0. The van der Waals surface area contributed by atoms with Gasteiger partial charge in [-0.2, -0.15) is 4.31 Å². The van der Waals surface area contributed by atoms with Crippen molar-refractivity contribution in [1.29, 1.82) is 0 Å². The summed E-state index contributed by atoms with van der Waals surface area (Å²) in [6.07, 6.45) is 0.380. The monoisotopic (exact) mass is 409 g/mol. The Bertz CT molecular complexity index is 1170. The number of rotatable bonds is 5. The molecule has 0 radical (unpaired) electrons. The van der Waals surface area contributed by atoms with E-state index in [0.29, 0.717) is 12.0 Å². The molecule has 0 unspecified atom stereocenters. The number of ether oxygens (including phenoxy) is 1.